The standard InChI is InChI=1S/C18H16ClNO5/c1-10-16(25-15-6-4-3-5-14(15)24-10)17(21)20-13-9-11(19)7-8-12(13)18(22)23-2/h3-10,16H,1-2H3,(H,20,21)/t10-,16+/m1/s1. The molecule has 7 heteroatoms. The molecule has 0 aromatic heterocycles. The summed E-state index contributed by atoms with van der Waals surface area (Å²) in [6.45, 7) is 1.74. The Morgan fingerprint density at radius 3 is 2.48 bits per heavy atom. The van der Waals surface area contributed by atoms with E-state index in [4.69, 9.17) is 25.8 Å². The van der Waals surface area contributed by atoms with E-state index in [0.717, 1.165) is 0 Å². The van der Waals surface area contributed by atoms with Gasteiger partial charge in [-0.25, -0.2) is 4.79 Å². The summed E-state index contributed by atoms with van der Waals surface area (Å²) in [4.78, 5) is 24.5. The summed E-state index contributed by atoms with van der Waals surface area (Å²) in [5, 5.41) is 3.05. The summed E-state index contributed by atoms with van der Waals surface area (Å²) < 4.78 is 16.2. The first-order valence-corrected chi connectivity index (χ1v) is 7.98. The average molecular weight is 362 g/mol. The summed E-state index contributed by atoms with van der Waals surface area (Å²) in [7, 11) is 1.26. The third kappa shape index (κ3) is 3.53. The van der Waals surface area contributed by atoms with Crippen molar-refractivity contribution in [3.63, 3.8) is 0 Å². The van der Waals surface area contributed by atoms with Crippen molar-refractivity contribution < 1.29 is 23.8 Å². The zero-order valence-electron chi connectivity index (χ0n) is 13.6. The minimum absolute atomic E-state index is 0.199. The highest BCUT2D eigenvalue weighted by atomic mass is 35.5. The van der Waals surface area contributed by atoms with Gasteiger partial charge in [0.1, 0.15) is 6.10 Å². The molecule has 1 heterocycles. The third-order valence-electron chi connectivity index (χ3n) is 3.75. The van der Waals surface area contributed by atoms with Gasteiger partial charge in [-0.05, 0) is 37.3 Å². The number of hydrogen-bond donors (Lipinski definition) is 1. The monoisotopic (exact) mass is 361 g/mol. The van der Waals surface area contributed by atoms with Crippen LogP contribution in [-0.2, 0) is 9.53 Å². The van der Waals surface area contributed by atoms with Crippen LogP contribution in [-0.4, -0.2) is 31.2 Å². The molecular weight excluding hydrogens is 346 g/mol. The first-order chi connectivity index (χ1) is 12.0. The van der Waals surface area contributed by atoms with Crippen LogP contribution in [0.15, 0.2) is 42.5 Å². The van der Waals surface area contributed by atoms with E-state index in [0.29, 0.717) is 16.5 Å². The Bertz CT molecular complexity index is 823. The average Bonchev–Trinajstić information content (AvgIpc) is 2.60. The maximum atomic E-state index is 12.7. The Morgan fingerprint density at radius 1 is 1.12 bits per heavy atom. The number of nitrogens with one attached hydrogen (secondary N) is 1. The van der Waals surface area contributed by atoms with E-state index in [1.54, 1.807) is 31.2 Å². The maximum Gasteiger partial charge on any atom is 0.339 e. The smallest absolute Gasteiger partial charge is 0.339 e. The van der Waals surface area contributed by atoms with Gasteiger partial charge in [0.25, 0.3) is 5.91 Å². The van der Waals surface area contributed by atoms with Crippen LogP contribution >= 0.6 is 11.6 Å². The Kier molecular flexibility index (Phi) is 4.81. The number of esters is 1. The van der Waals surface area contributed by atoms with Gasteiger partial charge in [-0.2, -0.15) is 0 Å². The van der Waals surface area contributed by atoms with Crippen LogP contribution in [0.4, 0.5) is 5.69 Å². The maximum absolute atomic E-state index is 12.7. The molecule has 0 aliphatic carbocycles. The molecule has 3 rings (SSSR count). The molecule has 0 saturated heterocycles. The molecule has 0 bridgehead atoms. The number of rotatable bonds is 3. The van der Waals surface area contributed by atoms with Gasteiger partial charge in [-0.3, -0.25) is 4.79 Å². The second-order valence-electron chi connectivity index (χ2n) is 5.48. The fourth-order valence-electron chi connectivity index (χ4n) is 2.52. The van der Waals surface area contributed by atoms with Crippen molar-refractivity contribution in [1.29, 1.82) is 0 Å². The van der Waals surface area contributed by atoms with Gasteiger partial charge in [-0.15, -0.1) is 0 Å². The van der Waals surface area contributed by atoms with Gasteiger partial charge < -0.3 is 19.5 Å². The Labute approximate surface area is 149 Å². The van der Waals surface area contributed by atoms with Crippen LogP contribution < -0.4 is 14.8 Å². The molecule has 1 aliphatic heterocycles. The molecule has 1 aliphatic rings. The lowest BCUT2D eigenvalue weighted by Gasteiger charge is -2.31. The number of halogens is 1. The van der Waals surface area contributed by atoms with Crippen LogP contribution in [0.1, 0.15) is 17.3 Å². The topological polar surface area (TPSA) is 73.9 Å². The van der Waals surface area contributed by atoms with Crippen molar-refractivity contribution in [2.45, 2.75) is 19.1 Å². The van der Waals surface area contributed by atoms with E-state index in [2.05, 4.69) is 5.32 Å². The molecule has 0 spiro atoms. The van der Waals surface area contributed by atoms with Crippen molar-refractivity contribution in [3.05, 3.63) is 53.1 Å². The molecule has 6 nitrogen and oxygen atoms in total. The fourth-order valence-corrected chi connectivity index (χ4v) is 2.69. The number of amides is 1. The highest BCUT2D eigenvalue weighted by Crippen LogP contribution is 2.34. The molecule has 0 radical (unpaired) electrons. The molecule has 0 saturated carbocycles. The third-order valence-corrected chi connectivity index (χ3v) is 3.98. The Balaban J connectivity index is 1.83. The van der Waals surface area contributed by atoms with E-state index in [1.165, 1.54) is 19.2 Å². The highest BCUT2D eigenvalue weighted by molar-refractivity contribution is 6.31. The summed E-state index contributed by atoms with van der Waals surface area (Å²) in [5.74, 6) is 0.0395. The van der Waals surface area contributed by atoms with E-state index < -0.39 is 24.1 Å². The molecule has 2 aromatic rings. The summed E-state index contributed by atoms with van der Waals surface area (Å²) in [6, 6.07) is 11.6. The molecular formula is C18H16ClNO5. The van der Waals surface area contributed by atoms with Crippen molar-refractivity contribution in [3.8, 4) is 11.5 Å². The number of benzene rings is 2. The van der Waals surface area contributed by atoms with E-state index in [1.807, 2.05) is 6.07 Å². The lowest BCUT2D eigenvalue weighted by Crippen LogP contribution is -2.46. The first-order valence-electron chi connectivity index (χ1n) is 7.60. The van der Waals surface area contributed by atoms with Crippen molar-refractivity contribution in [1.82, 2.24) is 0 Å². The van der Waals surface area contributed by atoms with Gasteiger partial charge in [-0.1, -0.05) is 23.7 Å². The molecule has 130 valence electrons. The predicted molar refractivity (Wildman–Crippen MR) is 92.4 cm³/mol. The number of para-hydroxylation sites is 2. The number of methoxy groups -OCH3 is 1. The molecule has 0 unspecified atom stereocenters. The van der Waals surface area contributed by atoms with Gasteiger partial charge in [0, 0.05) is 5.02 Å². The van der Waals surface area contributed by atoms with E-state index in [9.17, 15) is 9.59 Å². The highest BCUT2D eigenvalue weighted by Gasteiger charge is 2.34. The molecule has 2 atom stereocenters. The number of fused-ring (bicyclic) bond motifs is 1. The van der Waals surface area contributed by atoms with Crippen molar-refractivity contribution in [2.75, 3.05) is 12.4 Å². The lowest BCUT2D eigenvalue weighted by atomic mass is 10.1. The van der Waals surface area contributed by atoms with Gasteiger partial charge >= 0.3 is 5.97 Å². The quantitative estimate of drug-likeness (QED) is 0.849. The van der Waals surface area contributed by atoms with Crippen molar-refractivity contribution in [2.24, 2.45) is 0 Å². The van der Waals surface area contributed by atoms with Crippen LogP contribution in [0.25, 0.3) is 0 Å². The molecule has 0 fully saturated rings. The minimum Gasteiger partial charge on any atom is -0.482 e. The van der Waals surface area contributed by atoms with Crippen molar-refractivity contribution >= 4 is 29.2 Å². The Morgan fingerprint density at radius 2 is 1.80 bits per heavy atom. The second-order valence-corrected chi connectivity index (χ2v) is 5.92. The number of hydrogen-bond acceptors (Lipinski definition) is 5. The summed E-state index contributed by atoms with van der Waals surface area (Å²) in [5.41, 5.74) is 0.448. The Hall–Kier alpha value is -2.73. The normalized spacial score (nSPS) is 18.4. The number of carbonyl (C=O) groups excluding carboxylic acids is 2. The van der Waals surface area contributed by atoms with Crippen LogP contribution in [0, 0.1) is 0 Å². The number of ether oxygens (including phenoxy) is 3. The van der Waals surface area contributed by atoms with Gasteiger partial charge in [0.15, 0.2) is 11.5 Å². The van der Waals surface area contributed by atoms with Gasteiger partial charge in [0.2, 0.25) is 6.10 Å². The molecule has 1 N–H and O–H groups in total. The number of carbonyl (C=O) groups is 2. The molecule has 25 heavy (non-hydrogen) atoms. The summed E-state index contributed by atoms with van der Waals surface area (Å²) >= 11 is 5.97. The first kappa shape index (κ1) is 17.1. The van der Waals surface area contributed by atoms with E-state index >= 15 is 0 Å². The van der Waals surface area contributed by atoms with Crippen LogP contribution in [0.2, 0.25) is 5.02 Å². The zero-order chi connectivity index (χ0) is 18.0. The lowest BCUT2D eigenvalue weighted by molar-refractivity contribution is -0.128. The SMILES string of the molecule is COC(=O)c1ccc(Cl)cc1NC(=O)[C@H]1Oc2ccccc2O[C@@H]1C. The van der Waals surface area contributed by atoms with Gasteiger partial charge in [0.05, 0.1) is 18.4 Å². The van der Waals surface area contributed by atoms with E-state index in [-0.39, 0.29) is 11.3 Å². The fraction of sp³-hybridized carbons (Fsp3) is 0.222. The number of anilines is 1. The zero-order valence-corrected chi connectivity index (χ0v) is 14.4. The molecule has 2 aromatic carbocycles. The van der Waals surface area contributed by atoms with Crippen LogP contribution in [0.5, 0.6) is 11.5 Å². The minimum atomic E-state index is -0.876. The largest absolute Gasteiger partial charge is 0.482 e. The summed E-state index contributed by atoms with van der Waals surface area (Å²) in [6.07, 6.45) is -1.38. The molecule has 1 amide bonds. The second kappa shape index (κ2) is 7.03. The van der Waals surface area contributed by atoms with Crippen LogP contribution in [0.3, 0.4) is 0 Å². The predicted octanol–water partition coefficient (Wildman–Crippen LogP) is 3.29.